The maximum absolute atomic E-state index is 12.6. The molecule has 0 atom stereocenters. The summed E-state index contributed by atoms with van der Waals surface area (Å²) in [6.07, 6.45) is 3.88. The molecule has 2 fully saturated rings. The van der Waals surface area contributed by atoms with Crippen LogP contribution in [-0.4, -0.2) is 66.0 Å². The van der Waals surface area contributed by atoms with Gasteiger partial charge in [0.25, 0.3) is 5.91 Å². The molecule has 0 bridgehead atoms. The predicted molar refractivity (Wildman–Crippen MR) is 112 cm³/mol. The molecule has 2 aliphatic rings. The van der Waals surface area contributed by atoms with Crippen molar-refractivity contribution in [2.75, 3.05) is 54.4 Å². The molecule has 29 heavy (non-hydrogen) atoms. The number of aromatic nitrogens is 2. The number of hydrogen-bond donors (Lipinski definition) is 1. The normalized spacial score (nSPS) is 16.8. The van der Waals surface area contributed by atoms with E-state index in [0.717, 1.165) is 18.8 Å². The molecule has 1 aromatic heterocycles. The summed E-state index contributed by atoms with van der Waals surface area (Å²) in [6, 6.07) is 9.64. The minimum absolute atomic E-state index is 0.0863. The van der Waals surface area contributed by atoms with Gasteiger partial charge in [-0.3, -0.25) is 9.59 Å². The van der Waals surface area contributed by atoms with Gasteiger partial charge in [0.05, 0.1) is 0 Å². The van der Waals surface area contributed by atoms with E-state index in [0.29, 0.717) is 37.7 Å². The molecule has 4 rings (SSSR count). The van der Waals surface area contributed by atoms with Crippen LogP contribution in [0.4, 0.5) is 17.2 Å². The molecule has 0 unspecified atom stereocenters. The number of piperazine rings is 1. The number of carbonyl (C=O) groups excluding carboxylic acids is 2. The standard InChI is InChI=1S/C21H26N6O2/c1-16(28)25-10-12-27(13-11-25)20-14-19(22-15-23-20)21(29)24-17-4-6-18(7-5-17)26-8-2-3-9-26/h4-7,14-15H,2-3,8-13H2,1H3,(H,24,29). The number of nitrogens with one attached hydrogen (secondary N) is 1. The van der Waals surface area contributed by atoms with Crippen LogP contribution in [0.25, 0.3) is 0 Å². The van der Waals surface area contributed by atoms with Crippen molar-refractivity contribution in [3.05, 3.63) is 42.4 Å². The molecule has 0 aliphatic carbocycles. The zero-order valence-corrected chi connectivity index (χ0v) is 16.7. The number of hydrogen-bond acceptors (Lipinski definition) is 6. The summed E-state index contributed by atoms with van der Waals surface area (Å²) in [5.41, 5.74) is 2.26. The molecular weight excluding hydrogens is 368 g/mol. The summed E-state index contributed by atoms with van der Waals surface area (Å²) in [7, 11) is 0. The molecule has 152 valence electrons. The van der Waals surface area contributed by atoms with Crippen LogP contribution >= 0.6 is 0 Å². The predicted octanol–water partition coefficient (Wildman–Crippen LogP) is 2.00. The van der Waals surface area contributed by atoms with Crippen LogP contribution < -0.4 is 15.1 Å². The van der Waals surface area contributed by atoms with Crippen LogP contribution in [-0.2, 0) is 4.79 Å². The van der Waals surface area contributed by atoms with Crippen LogP contribution in [0.1, 0.15) is 30.3 Å². The third-order valence-corrected chi connectivity index (χ3v) is 5.53. The number of nitrogens with zero attached hydrogens (tertiary/aromatic N) is 5. The van der Waals surface area contributed by atoms with E-state index < -0.39 is 0 Å². The SMILES string of the molecule is CC(=O)N1CCN(c2cc(C(=O)Nc3ccc(N4CCCC4)cc3)ncn2)CC1. The Balaban J connectivity index is 1.39. The van der Waals surface area contributed by atoms with Crippen LogP contribution in [0.3, 0.4) is 0 Å². The van der Waals surface area contributed by atoms with Crippen LogP contribution in [0, 0.1) is 0 Å². The topological polar surface area (TPSA) is 81.7 Å². The molecule has 1 N–H and O–H groups in total. The van der Waals surface area contributed by atoms with Gasteiger partial charge in [-0.25, -0.2) is 9.97 Å². The van der Waals surface area contributed by atoms with Crippen molar-refractivity contribution in [3.8, 4) is 0 Å². The Labute approximate surface area is 170 Å². The Hall–Kier alpha value is -3.16. The number of carbonyl (C=O) groups is 2. The molecule has 2 aliphatic heterocycles. The quantitative estimate of drug-likeness (QED) is 0.854. The zero-order chi connectivity index (χ0) is 20.2. The lowest BCUT2D eigenvalue weighted by Gasteiger charge is -2.34. The lowest BCUT2D eigenvalue weighted by Crippen LogP contribution is -2.48. The van der Waals surface area contributed by atoms with Crippen molar-refractivity contribution >= 4 is 29.0 Å². The number of anilines is 3. The smallest absolute Gasteiger partial charge is 0.274 e. The summed E-state index contributed by atoms with van der Waals surface area (Å²) in [5, 5.41) is 2.91. The highest BCUT2D eigenvalue weighted by Crippen LogP contribution is 2.22. The Kier molecular flexibility index (Phi) is 5.59. The second-order valence-electron chi connectivity index (χ2n) is 7.45. The van der Waals surface area contributed by atoms with Gasteiger partial charge in [-0.05, 0) is 37.1 Å². The third-order valence-electron chi connectivity index (χ3n) is 5.53. The second kappa shape index (κ2) is 8.46. The zero-order valence-electron chi connectivity index (χ0n) is 16.7. The van der Waals surface area contributed by atoms with Gasteiger partial charge >= 0.3 is 0 Å². The first-order valence-corrected chi connectivity index (χ1v) is 10.1. The Morgan fingerprint density at radius 2 is 1.59 bits per heavy atom. The van der Waals surface area contributed by atoms with E-state index in [-0.39, 0.29) is 11.8 Å². The molecule has 3 heterocycles. The molecule has 2 saturated heterocycles. The fraction of sp³-hybridized carbons (Fsp3) is 0.429. The van der Waals surface area contributed by atoms with E-state index in [4.69, 9.17) is 0 Å². The van der Waals surface area contributed by atoms with Gasteiger partial charge < -0.3 is 20.0 Å². The highest BCUT2D eigenvalue weighted by Gasteiger charge is 2.21. The van der Waals surface area contributed by atoms with Gasteiger partial charge in [-0.2, -0.15) is 0 Å². The van der Waals surface area contributed by atoms with E-state index in [1.165, 1.54) is 24.9 Å². The van der Waals surface area contributed by atoms with Crippen LogP contribution in [0.15, 0.2) is 36.7 Å². The van der Waals surface area contributed by atoms with Gasteiger partial charge in [0, 0.05) is 63.6 Å². The summed E-state index contributed by atoms with van der Waals surface area (Å²) in [6.45, 7) is 6.46. The molecule has 8 heteroatoms. The number of benzene rings is 1. The highest BCUT2D eigenvalue weighted by molar-refractivity contribution is 6.03. The van der Waals surface area contributed by atoms with Gasteiger partial charge in [0.2, 0.25) is 5.91 Å². The van der Waals surface area contributed by atoms with Gasteiger partial charge in [-0.1, -0.05) is 0 Å². The first-order chi connectivity index (χ1) is 14.1. The van der Waals surface area contributed by atoms with E-state index in [1.54, 1.807) is 13.0 Å². The van der Waals surface area contributed by atoms with E-state index in [1.807, 2.05) is 29.2 Å². The van der Waals surface area contributed by atoms with Gasteiger partial charge in [0.15, 0.2) is 0 Å². The second-order valence-corrected chi connectivity index (χ2v) is 7.45. The van der Waals surface area contributed by atoms with Crippen molar-refractivity contribution in [3.63, 3.8) is 0 Å². The van der Waals surface area contributed by atoms with Gasteiger partial charge in [-0.15, -0.1) is 0 Å². The summed E-state index contributed by atoms with van der Waals surface area (Å²) in [5.74, 6) is 0.533. The number of amides is 2. The maximum atomic E-state index is 12.6. The largest absolute Gasteiger partial charge is 0.372 e. The minimum atomic E-state index is -0.259. The van der Waals surface area contributed by atoms with Crippen LogP contribution in [0.5, 0.6) is 0 Å². The van der Waals surface area contributed by atoms with Crippen molar-refractivity contribution in [2.24, 2.45) is 0 Å². The average molecular weight is 394 g/mol. The fourth-order valence-corrected chi connectivity index (χ4v) is 3.82. The van der Waals surface area contributed by atoms with Crippen molar-refractivity contribution < 1.29 is 9.59 Å². The third kappa shape index (κ3) is 4.47. The molecule has 0 saturated carbocycles. The fourth-order valence-electron chi connectivity index (χ4n) is 3.82. The molecule has 0 spiro atoms. The van der Waals surface area contributed by atoms with Crippen LogP contribution in [0.2, 0.25) is 0 Å². The molecule has 0 radical (unpaired) electrons. The molecule has 2 aromatic rings. The van der Waals surface area contributed by atoms with E-state index >= 15 is 0 Å². The lowest BCUT2D eigenvalue weighted by atomic mass is 10.2. The molecule has 1 aromatic carbocycles. The molecular formula is C21H26N6O2. The summed E-state index contributed by atoms with van der Waals surface area (Å²) < 4.78 is 0. The summed E-state index contributed by atoms with van der Waals surface area (Å²) in [4.78, 5) is 38.8. The maximum Gasteiger partial charge on any atom is 0.274 e. The Morgan fingerprint density at radius 1 is 0.897 bits per heavy atom. The molecule has 2 amide bonds. The van der Waals surface area contributed by atoms with Crippen molar-refractivity contribution in [2.45, 2.75) is 19.8 Å². The van der Waals surface area contributed by atoms with Gasteiger partial charge in [0.1, 0.15) is 17.8 Å². The Morgan fingerprint density at radius 3 is 2.24 bits per heavy atom. The Bertz CT molecular complexity index is 871. The van der Waals surface area contributed by atoms with E-state index in [2.05, 4.69) is 25.1 Å². The first-order valence-electron chi connectivity index (χ1n) is 10.1. The lowest BCUT2D eigenvalue weighted by molar-refractivity contribution is -0.129. The average Bonchev–Trinajstić information content (AvgIpc) is 3.29. The van der Waals surface area contributed by atoms with Crippen molar-refractivity contribution in [1.82, 2.24) is 14.9 Å². The first kappa shape index (κ1) is 19.2. The number of rotatable bonds is 4. The monoisotopic (exact) mass is 394 g/mol. The summed E-state index contributed by atoms with van der Waals surface area (Å²) >= 11 is 0. The van der Waals surface area contributed by atoms with Crippen molar-refractivity contribution in [1.29, 1.82) is 0 Å². The molecule has 8 nitrogen and oxygen atoms in total. The highest BCUT2D eigenvalue weighted by atomic mass is 16.2. The minimum Gasteiger partial charge on any atom is -0.372 e. The van der Waals surface area contributed by atoms with E-state index in [9.17, 15) is 9.59 Å².